The monoisotopic (exact) mass is 528 g/mol. The van der Waals surface area contributed by atoms with Gasteiger partial charge < -0.3 is 4.74 Å². The van der Waals surface area contributed by atoms with Crippen molar-refractivity contribution >= 4 is 38.6 Å². The minimum absolute atomic E-state index is 0.157. The lowest BCUT2D eigenvalue weighted by Gasteiger charge is -2.49. The Kier molecular flexibility index (Phi) is 6.10. The van der Waals surface area contributed by atoms with E-state index in [1.165, 1.54) is 24.0 Å². The molecule has 1 saturated carbocycles. The molecule has 0 saturated heterocycles. The van der Waals surface area contributed by atoms with Gasteiger partial charge in [-0.3, -0.25) is 4.79 Å². The van der Waals surface area contributed by atoms with Crippen LogP contribution in [0, 0.1) is 11.8 Å². The fourth-order valence-electron chi connectivity index (χ4n) is 7.31. The maximum absolute atomic E-state index is 13.1. The Hall–Kier alpha value is -3.79. The second kappa shape index (κ2) is 9.69. The van der Waals surface area contributed by atoms with Gasteiger partial charge in [-0.1, -0.05) is 67.9 Å². The van der Waals surface area contributed by atoms with Crippen molar-refractivity contribution in [2.45, 2.75) is 70.8 Å². The SMILES string of the molecule is C[C@H]1CC[C@H]2[C@H](C1)c1c(c3ccccc3c3nc4cc(C(=O)CCCc5ccccc5)ccc4nc13)OC2(C)C. The summed E-state index contributed by atoms with van der Waals surface area (Å²) in [5, 5.41) is 2.17. The minimum atomic E-state index is -0.228. The van der Waals surface area contributed by atoms with Crippen LogP contribution in [0.25, 0.3) is 32.8 Å². The number of ether oxygens (including phenoxy) is 1. The van der Waals surface area contributed by atoms with Crippen molar-refractivity contribution in [3.05, 3.63) is 89.5 Å². The number of hydrogen-bond donors (Lipinski definition) is 0. The molecule has 0 unspecified atom stereocenters. The first-order chi connectivity index (χ1) is 19.4. The van der Waals surface area contributed by atoms with Crippen LogP contribution in [0.3, 0.4) is 0 Å². The van der Waals surface area contributed by atoms with Crippen LogP contribution in [0.2, 0.25) is 0 Å². The summed E-state index contributed by atoms with van der Waals surface area (Å²) in [6, 6.07) is 24.6. The van der Waals surface area contributed by atoms with Crippen LogP contribution in [-0.2, 0) is 6.42 Å². The predicted molar refractivity (Wildman–Crippen MR) is 162 cm³/mol. The number of hydrogen-bond acceptors (Lipinski definition) is 4. The number of aromatic nitrogens is 2. The molecular formula is C36H36N2O2. The smallest absolute Gasteiger partial charge is 0.162 e. The largest absolute Gasteiger partial charge is 0.487 e. The molecule has 1 fully saturated rings. The van der Waals surface area contributed by atoms with Gasteiger partial charge in [0.05, 0.1) is 22.1 Å². The van der Waals surface area contributed by atoms with Crippen LogP contribution in [0.4, 0.5) is 0 Å². The Morgan fingerprint density at radius 1 is 0.900 bits per heavy atom. The van der Waals surface area contributed by atoms with E-state index in [0.717, 1.165) is 57.9 Å². The van der Waals surface area contributed by atoms with Gasteiger partial charge in [0.15, 0.2) is 5.78 Å². The van der Waals surface area contributed by atoms with Gasteiger partial charge in [0.1, 0.15) is 11.4 Å². The molecule has 0 amide bonds. The van der Waals surface area contributed by atoms with Crippen LogP contribution in [0.15, 0.2) is 72.8 Å². The number of Topliss-reactive ketones (excluding diaryl/α,β-unsaturated/α-hetero) is 1. The average Bonchev–Trinajstić information content (AvgIpc) is 2.96. The maximum atomic E-state index is 13.1. The quantitative estimate of drug-likeness (QED) is 0.130. The highest BCUT2D eigenvalue weighted by Gasteiger charge is 2.47. The summed E-state index contributed by atoms with van der Waals surface area (Å²) in [4.78, 5) is 23.6. The van der Waals surface area contributed by atoms with Gasteiger partial charge in [-0.05, 0) is 75.1 Å². The average molecular weight is 529 g/mol. The third-order valence-electron chi connectivity index (χ3n) is 9.37. The molecule has 0 spiro atoms. The Balaban J connectivity index is 1.32. The number of fused-ring (bicyclic) bond motifs is 9. The molecule has 3 atom stereocenters. The molecule has 0 radical (unpaired) electrons. The van der Waals surface area contributed by atoms with E-state index in [4.69, 9.17) is 14.7 Å². The van der Waals surface area contributed by atoms with Crippen molar-refractivity contribution in [1.82, 2.24) is 9.97 Å². The predicted octanol–water partition coefficient (Wildman–Crippen LogP) is 8.83. The minimum Gasteiger partial charge on any atom is -0.487 e. The molecule has 1 aliphatic heterocycles. The molecule has 40 heavy (non-hydrogen) atoms. The van der Waals surface area contributed by atoms with Gasteiger partial charge in [0.25, 0.3) is 0 Å². The van der Waals surface area contributed by atoms with Crippen LogP contribution in [0.5, 0.6) is 5.75 Å². The second-order valence-electron chi connectivity index (χ2n) is 12.5. The molecule has 202 valence electrons. The van der Waals surface area contributed by atoms with E-state index in [-0.39, 0.29) is 11.4 Å². The van der Waals surface area contributed by atoms with Gasteiger partial charge >= 0.3 is 0 Å². The lowest BCUT2D eigenvalue weighted by molar-refractivity contribution is -0.0115. The number of benzene rings is 4. The van der Waals surface area contributed by atoms with Crippen molar-refractivity contribution in [3.63, 3.8) is 0 Å². The van der Waals surface area contributed by atoms with E-state index in [1.807, 2.05) is 36.4 Å². The zero-order valence-electron chi connectivity index (χ0n) is 23.6. The number of ketones is 1. The van der Waals surface area contributed by atoms with Crippen molar-refractivity contribution < 1.29 is 9.53 Å². The number of aryl methyl sites for hydroxylation is 1. The highest BCUT2D eigenvalue weighted by Crippen LogP contribution is 2.56. The number of nitrogens with zero attached hydrogens (tertiary/aromatic N) is 2. The molecule has 7 rings (SSSR count). The molecule has 0 bridgehead atoms. The van der Waals surface area contributed by atoms with Crippen LogP contribution in [0.1, 0.15) is 80.3 Å². The van der Waals surface area contributed by atoms with E-state index >= 15 is 0 Å². The highest BCUT2D eigenvalue weighted by molar-refractivity contribution is 6.11. The molecular weight excluding hydrogens is 492 g/mol. The van der Waals surface area contributed by atoms with Crippen molar-refractivity contribution in [1.29, 1.82) is 0 Å². The van der Waals surface area contributed by atoms with Crippen LogP contribution < -0.4 is 4.74 Å². The van der Waals surface area contributed by atoms with Gasteiger partial charge in [0, 0.05) is 34.2 Å². The molecule has 4 nitrogen and oxygen atoms in total. The zero-order chi connectivity index (χ0) is 27.4. The Morgan fingerprint density at radius 2 is 1.65 bits per heavy atom. The van der Waals surface area contributed by atoms with Crippen LogP contribution in [-0.4, -0.2) is 21.4 Å². The Bertz CT molecular complexity index is 1760. The Labute approximate surface area is 235 Å². The first-order valence-corrected chi connectivity index (χ1v) is 14.8. The standard InChI is InChI=1S/C36H36N2O2/c1-22-16-18-28-27(20-22)32-34-33(25-13-7-8-14-26(25)35(32)40-36(28,2)3)38-30-21-24(17-19-29(30)37-34)31(39)15-9-12-23-10-5-4-6-11-23/h4-8,10-11,13-14,17,19,21-22,27-28H,9,12,15-16,18,20H2,1-3H3/t22-,27-,28-/m0/s1. The molecule has 4 heteroatoms. The van der Waals surface area contributed by atoms with E-state index in [1.54, 1.807) is 0 Å². The summed E-state index contributed by atoms with van der Waals surface area (Å²) in [6.45, 7) is 6.89. The number of carbonyl (C=O) groups excluding carboxylic acids is 1. The highest BCUT2D eigenvalue weighted by atomic mass is 16.5. The van der Waals surface area contributed by atoms with E-state index in [9.17, 15) is 4.79 Å². The first-order valence-electron chi connectivity index (χ1n) is 14.8. The van der Waals surface area contributed by atoms with Crippen molar-refractivity contribution in [2.24, 2.45) is 11.8 Å². The van der Waals surface area contributed by atoms with Crippen molar-refractivity contribution in [2.75, 3.05) is 0 Å². The number of rotatable bonds is 5. The third kappa shape index (κ3) is 4.25. The summed E-state index contributed by atoms with van der Waals surface area (Å²) < 4.78 is 6.87. The van der Waals surface area contributed by atoms with Gasteiger partial charge in [-0.25, -0.2) is 9.97 Å². The topological polar surface area (TPSA) is 52.1 Å². The van der Waals surface area contributed by atoms with Crippen molar-refractivity contribution in [3.8, 4) is 5.75 Å². The maximum Gasteiger partial charge on any atom is 0.162 e. The zero-order valence-corrected chi connectivity index (χ0v) is 23.6. The molecule has 0 N–H and O–H groups in total. The van der Waals surface area contributed by atoms with Gasteiger partial charge in [-0.2, -0.15) is 0 Å². The third-order valence-corrected chi connectivity index (χ3v) is 9.37. The fraction of sp³-hybridized carbons (Fsp3) is 0.361. The van der Waals surface area contributed by atoms with Crippen LogP contribution >= 0.6 is 0 Å². The van der Waals surface area contributed by atoms with Gasteiger partial charge in [-0.15, -0.1) is 0 Å². The summed E-state index contributed by atoms with van der Waals surface area (Å²) in [5.41, 5.74) is 6.46. The van der Waals surface area contributed by atoms with Gasteiger partial charge in [0.2, 0.25) is 0 Å². The fourth-order valence-corrected chi connectivity index (χ4v) is 7.31. The summed E-state index contributed by atoms with van der Waals surface area (Å²) in [7, 11) is 0. The first kappa shape index (κ1) is 25.2. The van der Waals surface area contributed by atoms with E-state index < -0.39 is 0 Å². The molecule has 2 aliphatic rings. The normalized spacial score (nSPS) is 21.6. The molecule has 2 heterocycles. The summed E-state index contributed by atoms with van der Waals surface area (Å²) >= 11 is 0. The van der Waals surface area contributed by atoms with E-state index in [2.05, 4.69) is 57.2 Å². The molecule has 1 aromatic heterocycles. The Morgan fingerprint density at radius 3 is 2.48 bits per heavy atom. The molecule has 1 aliphatic carbocycles. The summed E-state index contributed by atoms with van der Waals surface area (Å²) in [6.07, 6.45) is 5.81. The summed E-state index contributed by atoms with van der Waals surface area (Å²) in [5.74, 6) is 2.67. The molecule has 5 aromatic rings. The second-order valence-corrected chi connectivity index (χ2v) is 12.5. The lowest BCUT2D eigenvalue weighted by Crippen LogP contribution is -2.46. The van der Waals surface area contributed by atoms with E-state index in [0.29, 0.717) is 29.7 Å². The molecule has 4 aromatic carbocycles. The number of carbonyl (C=O) groups is 1. The lowest BCUT2D eigenvalue weighted by atomic mass is 9.64.